The van der Waals surface area contributed by atoms with Gasteiger partial charge in [0.05, 0.1) is 81.2 Å². The summed E-state index contributed by atoms with van der Waals surface area (Å²) in [5.74, 6) is -1.67. The van der Waals surface area contributed by atoms with Crippen molar-refractivity contribution in [2.24, 2.45) is 17.8 Å². The molecule has 4 amide bonds. The first kappa shape index (κ1) is 47.0. The van der Waals surface area contributed by atoms with Crippen LogP contribution in [0.1, 0.15) is 78.9 Å². The number of likely N-dealkylation sites (N-methyl/N-ethyl adjacent to an activating group) is 2. The van der Waals surface area contributed by atoms with Crippen molar-refractivity contribution in [3.8, 4) is 0 Å². The van der Waals surface area contributed by atoms with E-state index in [2.05, 4.69) is 10.6 Å². The number of amides is 4. The van der Waals surface area contributed by atoms with Crippen molar-refractivity contribution in [2.75, 3.05) is 67.8 Å². The molecule has 1 aromatic carbocycles. The van der Waals surface area contributed by atoms with Crippen molar-refractivity contribution >= 4 is 23.6 Å². The van der Waals surface area contributed by atoms with Crippen molar-refractivity contribution in [1.82, 2.24) is 25.3 Å². The molecule has 0 aliphatic carbocycles. The van der Waals surface area contributed by atoms with Crippen LogP contribution in [0, 0.1) is 17.8 Å². The molecule has 0 bridgehead atoms. The van der Waals surface area contributed by atoms with Gasteiger partial charge >= 0.3 is 0 Å². The molecule has 0 saturated carbocycles. The van der Waals surface area contributed by atoms with Gasteiger partial charge in [-0.15, -0.1) is 0 Å². The summed E-state index contributed by atoms with van der Waals surface area (Å²) in [4.78, 5) is 59.7. The molecule has 1 saturated heterocycles. The molecule has 9 unspecified atom stereocenters. The van der Waals surface area contributed by atoms with E-state index < -0.39 is 42.4 Å². The van der Waals surface area contributed by atoms with Gasteiger partial charge in [-0.1, -0.05) is 71.4 Å². The quantitative estimate of drug-likeness (QED) is 0.115. The summed E-state index contributed by atoms with van der Waals surface area (Å²) in [6.45, 7) is 12.7. The van der Waals surface area contributed by atoms with Gasteiger partial charge in [0.2, 0.25) is 23.6 Å². The minimum atomic E-state index is -0.883. The highest BCUT2D eigenvalue weighted by Gasteiger charge is 2.42. The Hall–Kier alpha value is -3.14. The number of aliphatic hydroxyl groups is 2. The van der Waals surface area contributed by atoms with Crippen LogP contribution in [0.25, 0.3) is 0 Å². The van der Waals surface area contributed by atoms with E-state index in [0.717, 1.165) is 12.8 Å². The molecule has 4 N–H and O–H groups in total. The van der Waals surface area contributed by atoms with Gasteiger partial charge in [-0.3, -0.25) is 24.1 Å². The fourth-order valence-corrected chi connectivity index (χ4v) is 7.62. The molecule has 0 aromatic heterocycles. The number of nitrogens with one attached hydrogen (secondary N) is 2. The summed E-state index contributed by atoms with van der Waals surface area (Å²) in [6, 6.07) is 7.32. The number of hydrogen-bond acceptors (Lipinski definition) is 10. The minimum absolute atomic E-state index is 0.0157. The Balaban J connectivity index is 2.12. The normalized spacial score (nSPS) is 19.1. The monoisotopic (exact) mass is 764 g/mol. The lowest BCUT2D eigenvalue weighted by Gasteiger charge is -2.39. The van der Waals surface area contributed by atoms with Crippen molar-refractivity contribution in [1.29, 1.82) is 0 Å². The molecule has 9 atom stereocenters. The maximum atomic E-state index is 14.1. The average molecular weight is 764 g/mol. The standard InChI is InChI=1S/C40H69N5O9/c1-11-27(4)36(44(8)34(48)25-41-40(51)35(26(2)3)43(7)20-22-54-23-21-46)32(52-9)24-33(47)45-19-15-18-31(45)38(53-10)28(5)39(50)42-29(6)37(49)30-16-13-12-14-17-30/h12-14,16-17,26-29,31-32,35-38,46,49H,11,15,18-25H2,1-10H3,(H,41,51)(H,42,50). The van der Waals surface area contributed by atoms with Crippen molar-refractivity contribution in [3.63, 3.8) is 0 Å². The van der Waals surface area contributed by atoms with Crippen LogP contribution in [0.5, 0.6) is 0 Å². The SMILES string of the molecule is CCC(C)C(C(CC(=O)N1CCCC1C(OC)C(C)C(=O)NC(C)C(O)c1ccccc1)OC)N(C)C(=O)CNC(=O)C(C(C)C)N(C)CCOCCO. The molecule has 1 aromatic rings. The van der Waals surface area contributed by atoms with Crippen LogP contribution < -0.4 is 10.6 Å². The van der Waals surface area contributed by atoms with E-state index in [4.69, 9.17) is 19.3 Å². The number of nitrogens with zero attached hydrogens (tertiary/aromatic N) is 3. The van der Waals surface area contributed by atoms with Gasteiger partial charge in [0.25, 0.3) is 0 Å². The molecule has 54 heavy (non-hydrogen) atoms. The first-order valence-electron chi connectivity index (χ1n) is 19.4. The fourth-order valence-electron chi connectivity index (χ4n) is 7.62. The van der Waals surface area contributed by atoms with E-state index in [1.165, 1.54) is 7.11 Å². The molecule has 0 radical (unpaired) electrons. The lowest BCUT2D eigenvalue weighted by molar-refractivity contribution is -0.146. The van der Waals surface area contributed by atoms with Crippen LogP contribution >= 0.6 is 0 Å². The zero-order chi connectivity index (χ0) is 40.5. The Morgan fingerprint density at radius 2 is 1.65 bits per heavy atom. The first-order chi connectivity index (χ1) is 25.6. The molecule has 0 spiro atoms. The fraction of sp³-hybridized carbons (Fsp3) is 0.750. The van der Waals surface area contributed by atoms with E-state index in [9.17, 15) is 24.3 Å². The molecule has 308 valence electrons. The maximum absolute atomic E-state index is 14.1. The molecule has 14 nitrogen and oxygen atoms in total. The Bertz CT molecular complexity index is 1290. The third kappa shape index (κ3) is 13.3. The number of methoxy groups -OCH3 is 2. The molecule has 1 fully saturated rings. The van der Waals surface area contributed by atoms with Gasteiger partial charge < -0.3 is 44.9 Å². The predicted octanol–water partition coefficient (Wildman–Crippen LogP) is 2.23. The summed E-state index contributed by atoms with van der Waals surface area (Å²) < 4.78 is 17.2. The Morgan fingerprint density at radius 3 is 2.22 bits per heavy atom. The van der Waals surface area contributed by atoms with Gasteiger partial charge in [0.1, 0.15) is 0 Å². The summed E-state index contributed by atoms with van der Waals surface area (Å²) in [5, 5.41) is 25.5. The van der Waals surface area contributed by atoms with Crippen molar-refractivity contribution < 1.29 is 43.6 Å². The maximum Gasteiger partial charge on any atom is 0.242 e. The second-order valence-electron chi connectivity index (χ2n) is 15.0. The van der Waals surface area contributed by atoms with Crippen LogP contribution in [-0.2, 0) is 33.4 Å². The van der Waals surface area contributed by atoms with Crippen LogP contribution in [-0.4, -0.2) is 153 Å². The van der Waals surface area contributed by atoms with Gasteiger partial charge in [-0.05, 0) is 44.2 Å². The van der Waals surface area contributed by atoms with Gasteiger partial charge in [0, 0.05) is 34.4 Å². The minimum Gasteiger partial charge on any atom is -0.394 e. The lowest BCUT2D eigenvalue weighted by Crippen LogP contribution is -2.55. The van der Waals surface area contributed by atoms with Crippen LogP contribution in [0.4, 0.5) is 0 Å². The summed E-state index contributed by atoms with van der Waals surface area (Å²) in [6.07, 6.45) is 0.0566. The number of hydrogen-bond donors (Lipinski definition) is 4. The molecular weight excluding hydrogens is 694 g/mol. The van der Waals surface area contributed by atoms with E-state index in [0.29, 0.717) is 31.7 Å². The van der Waals surface area contributed by atoms with Crippen LogP contribution in [0.15, 0.2) is 30.3 Å². The molecule has 1 aliphatic heterocycles. The third-order valence-corrected chi connectivity index (χ3v) is 10.9. The van der Waals surface area contributed by atoms with E-state index in [1.807, 2.05) is 70.0 Å². The van der Waals surface area contributed by atoms with Gasteiger partial charge in [-0.25, -0.2) is 0 Å². The Kier molecular flexibility index (Phi) is 20.6. The molecular formula is C40H69N5O9. The number of aliphatic hydroxyl groups excluding tert-OH is 2. The van der Waals surface area contributed by atoms with Crippen molar-refractivity contribution in [3.05, 3.63) is 35.9 Å². The number of carbonyl (C=O) groups excluding carboxylic acids is 4. The largest absolute Gasteiger partial charge is 0.394 e. The van der Waals surface area contributed by atoms with E-state index in [1.54, 1.807) is 37.8 Å². The molecule has 14 heteroatoms. The van der Waals surface area contributed by atoms with Gasteiger partial charge in [-0.2, -0.15) is 0 Å². The number of benzene rings is 1. The predicted molar refractivity (Wildman–Crippen MR) is 207 cm³/mol. The second-order valence-corrected chi connectivity index (χ2v) is 15.0. The number of carbonyl (C=O) groups is 4. The summed E-state index contributed by atoms with van der Waals surface area (Å²) >= 11 is 0. The first-order valence-corrected chi connectivity index (χ1v) is 19.4. The smallest absolute Gasteiger partial charge is 0.242 e. The molecule has 1 heterocycles. The third-order valence-electron chi connectivity index (χ3n) is 10.9. The Morgan fingerprint density at radius 1 is 0.981 bits per heavy atom. The topological polar surface area (TPSA) is 170 Å². The highest BCUT2D eigenvalue weighted by atomic mass is 16.5. The Labute approximate surface area is 323 Å². The zero-order valence-electron chi connectivity index (χ0n) is 34.3. The van der Waals surface area contributed by atoms with Crippen LogP contribution in [0.2, 0.25) is 0 Å². The summed E-state index contributed by atoms with van der Waals surface area (Å²) in [7, 11) is 6.59. The highest BCUT2D eigenvalue weighted by Crippen LogP contribution is 2.29. The lowest BCUT2D eigenvalue weighted by atomic mass is 9.90. The number of rotatable bonds is 24. The highest BCUT2D eigenvalue weighted by molar-refractivity contribution is 5.88. The van der Waals surface area contributed by atoms with Crippen LogP contribution in [0.3, 0.4) is 0 Å². The second kappa shape index (κ2) is 23.7. The molecule has 2 rings (SSSR count). The zero-order valence-corrected chi connectivity index (χ0v) is 34.3. The van der Waals surface area contributed by atoms with E-state index in [-0.39, 0.29) is 67.7 Å². The van der Waals surface area contributed by atoms with E-state index >= 15 is 0 Å². The average Bonchev–Trinajstić information content (AvgIpc) is 3.64. The van der Waals surface area contributed by atoms with Gasteiger partial charge in [0.15, 0.2) is 0 Å². The molecule has 1 aliphatic rings. The summed E-state index contributed by atoms with van der Waals surface area (Å²) in [5.41, 5.74) is 0.704. The number of ether oxygens (including phenoxy) is 3. The number of likely N-dealkylation sites (tertiary alicyclic amines) is 1. The van der Waals surface area contributed by atoms with Crippen molar-refractivity contribution in [2.45, 2.75) is 110 Å².